The Kier molecular flexibility index (Phi) is 7.14. The fourth-order valence-electron chi connectivity index (χ4n) is 3.57. The Morgan fingerprint density at radius 3 is 2.62 bits per heavy atom. The summed E-state index contributed by atoms with van der Waals surface area (Å²) >= 11 is 9.90. The minimum absolute atomic E-state index is 0.198. The number of aryl methyl sites for hydroxylation is 2. The molecule has 0 saturated heterocycles. The summed E-state index contributed by atoms with van der Waals surface area (Å²) < 4.78 is 7.57. The summed E-state index contributed by atoms with van der Waals surface area (Å²) in [6, 6.07) is 15.3. The molecule has 0 fully saturated rings. The maximum Gasteiger partial charge on any atom is 0.276 e. The van der Waals surface area contributed by atoms with Gasteiger partial charge in [-0.25, -0.2) is 9.97 Å². The molecule has 0 N–H and O–H groups in total. The van der Waals surface area contributed by atoms with Gasteiger partial charge in [0, 0.05) is 17.7 Å². The summed E-state index contributed by atoms with van der Waals surface area (Å²) in [6.45, 7) is 8.16. The molecule has 4 aromatic rings. The van der Waals surface area contributed by atoms with E-state index in [0.29, 0.717) is 23.1 Å². The number of nitrogens with zero attached hydrogens (tertiary/aromatic N) is 4. The summed E-state index contributed by atoms with van der Waals surface area (Å²) in [4.78, 5) is 26.9. The summed E-state index contributed by atoms with van der Waals surface area (Å²) in [7, 11) is 0. The van der Waals surface area contributed by atoms with Gasteiger partial charge in [0.15, 0.2) is 0 Å². The van der Waals surface area contributed by atoms with Crippen molar-refractivity contribution in [1.29, 1.82) is 0 Å². The van der Waals surface area contributed by atoms with Crippen LogP contribution in [-0.4, -0.2) is 19.5 Å². The van der Waals surface area contributed by atoms with Crippen molar-refractivity contribution in [3.8, 4) is 22.8 Å². The highest BCUT2D eigenvalue weighted by Crippen LogP contribution is 2.29. The zero-order valence-electron chi connectivity index (χ0n) is 19.3. The van der Waals surface area contributed by atoms with E-state index < -0.39 is 0 Å². The molecule has 8 heteroatoms. The van der Waals surface area contributed by atoms with Crippen LogP contribution in [0.2, 0.25) is 5.02 Å². The first kappa shape index (κ1) is 24.1. The molecular formula is C26H24BrClN4O2. The van der Waals surface area contributed by atoms with E-state index in [-0.39, 0.29) is 21.8 Å². The van der Waals surface area contributed by atoms with Crippen LogP contribution in [0.5, 0.6) is 5.88 Å². The largest absolute Gasteiger partial charge is 0.472 e. The molecule has 0 bridgehead atoms. The predicted molar refractivity (Wildman–Crippen MR) is 138 cm³/mol. The van der Waals surface area contributed by atoms with Crippen LogP contribution in [0.4, 0.5) is 0 Å². The summed E-state index contributed by atoms with van der Waals surface area (Å²) in [6.07, 6.45) is 1.74. The Morgan fingerprint density at radius 1 is 1.09 bits per heavy atom. The maximum atomic E-state index is 13.3. The zero-order chi connectivity index (χ0) is 24.4. The Hall–Kier alpha value is -3.03. The van der Waals surface area contributed by atoms with Gasteiger partial charge in [-0.1, -0.05) is 61.3 Å². The molecule has 4 rings (SSSR count). The Labute approximate surface area is 211 Å². The Morgan fingerprint density at radius 2 is 1.88 bits per heavy atom. The first-order valence-corrected chi connectivity index (χ1v) is 12.0. The highest BCUT2D eigenvalue weighted by atomic mass is 79.9. The van der Waals surface area contributed by atoms with Crippen LogP contribution in [0, 0.1) is 13.8 Å². The van der Waals surface area contributed by atoms with Gasteiger partial charge in [-0.2, -0.15) is 4.98 Å². The monoisotopic (exact) mass is 538 g/mol. The smallest absolute Gasteiger partial charge is 0.276 e. The molecular weight excluding hydrogens is 516 g/mol. The second kappa shape index (κ2) is 10.1. The number of ether oxygens (including phenoxy) is 1. The van der Waals surface area contributed by atoms with Crippen LogP contribution in [-0.2, 0) is 6.61 Å². The van der Waals surface area contributed by atoms with E-state index >= 15 is 0 Å². The van der Waals surface area contributed by atoms with Crippen LogP contribution < -0.4 is 10.3 Å². The standard InChI is InChI=1S/C26H24BrClN4O2/c1-15(2)24-29-11-10-21(31-24)19-8-9-20(28)22(13-19)32-17(4)30-25(23(27)26(32)33)34-14-18-7-5-6-16(3)12-18/h5-13,15H,14H2,1-4H3. The van der Waals surface area contributed by atoms with E-state index in [0.717, 1.165) is 28.2 Å². The molecule has 0 aliphatic carbocycles. The van der Waals surface area contributed by atoms with Crippen molar-refractivity contribution in [2.24, 2.45) is 0 Å². The van der Waals surface area contributed by atoms with E-state index in [1.165, 1.54) is 4.57 Å². The molecule has 2 aromatic carbocycles. The maximum absolute atomic E-state index is 13.3. The van der Waals surface area contributed by atoms with Gasteiger partial charge in [0.1, 0.15) is 22.7 Å². The van der Waals surface area contributed by atoms with Crippen molar-refractivity contribution in [3.05, 3.63) is 97.4 Å². The summed E-state index contributed by atoms with van der Waals surface area (Å²) in [5.41, 5.74) is 3.93. The van der Waals surface area contributed by atoms with Gasteiger partial charge in [-0.15, -0.1) is 0 Å². The average Bonchev–Trinajstić information content (AvgIpc) is 2.82. The molecule has 0 radical (unpaired) electrons. The molecule has 0 atom stereocenters. The van der Waals surface area contributed by atoms with E-state index in [9.17, 15) is 4.79 Å². The van der Waals surface area contributed by atoms with Crippen molar-refractivity contribution in [3.63, 3.8) is 0 Å². The SMILES string of the molecule is Cc1cccc(COc2nc(C)n(-c3cc(-c4ccnc(C(C)C)n4)ccc3Cl)c(=O)c2Br)c1. The lowest BCUT2D eigenvalue weighted by atomic mass is 10.1. The van der Waals surface area contributed by atoms with E-state index in [1.807, 2.05) is 63.2 Å². The first-order valence-electron chi connectivity index (χ1n) is 10.9. The third-order valence-corrected chi connectivity index (χ3v) is 6.30. The minimum Gasteiger partial charge on any atom is -0.472 e. The third kappa shape index (κ3) is 5.05. The van der Waals surface area contributed by atoms with E-state index in [1.54, 1.807) is 19.2 Å². The van der Waals surface area contributed by atoms with Crippen molar-refractivity contribution in [2.45, 2.75) is 40.2 Å². The lowest BCUT2D eigenvalue weighted by Gasteiger charge is -2.16. The number of aromatic nitrogens is 4. The van der Waals surface area contributed by atoms with Gasteiger partial charge in [-0.3, -0.25) is 9.36 Å². The van der Waals surface area contributed by atoms with Crippen LogP contribution in [0.25, 0.3) is 16.9 Å². The van der Waals surface area contributed by atoms with Crippen molar-refractivity contribution in [1.82, 2.24) is 19.5 Å². The topological polar surface area (TPSA) is 69.9 Å². The van der Waals surface area contributed by atoms with Crippen molar-refractivity contribution in [2.75, 3.05) is 0 Å². The van der Waals surface area contributed by atoms with Gasteiger partial charge in [0.2, 0.25) is 5.88 Å². The zero-order valence-corrected chi connectivity index (χ0v) is 21.7. The van der Waals surface area contributed by atoms with Crippen LogP contribution in [0.3, 0.4) is 0 Å². The Bertz CT molecular complexity index is 1420. The quantitative estimate of drug-likeness (QED) is 0.283. The number of rotatable bonds is 6. The number of hydrogen-bond acceptors (Lipinski definition) is 5. The van der Waals surface area contributed by atoms with Crippen LogP contribution >= 0.6 is 27.5 Å². The third-order valence-electron chi connectivity index (χ3n) is 5.30. The fourth-order valence-corrected chi connectivity index (χ4v) is 4.15. The van der Waals surface area contributed by atoms with Gasteiger partial charge < -0.3 is 4.74 Å². The van der Waals surface area contributed by atoms with Crippen LogP contribution in [0.1, 0.15) is 42.5 Å². The molecule has 0 saturated carbocycles. The minimum atomic E-state index is -0.309. The second-order valence-corrected chi connectivity index (χ2v) is 9.52. The normalized spacial score (nSPS) is 11.1. The van der Waals surface area contributed by atoms with Gasteiger partial charge in [-0.05, 0) is 53.5 Å². The number of benzene rings is 2. The fraction of sp³-hybridized carbons (Fsp3) is 0.231. The van der Waals surface area contributed by atoms with Crippen molar-refractivity contribution < 1.29 is 4.74 Å². The highest BCUT2D eigenvalue weighted by molar-refractivity contribution is 9.10. The molecule has 0 aliphatic rings. The predicted octanol–water partition coefficient (Wildman–Crippen LogP) is 6.42. The lowest BCUT2D eigenvalue weighted by molar-refractivity contribution is 0.289. The first-order chi connectivity index (χ1) is 16.2. The molecule has 0 unspecified atom stereocenters. The van der Waals surface area contributed by atoms with Gasteiger partial charge >= 0.3 is 0 Å². The average molecular weight is 540 g/mol. The van der Waals surface area contributed by atoms with E-state index in [4.69, 9.17) is 16.3 Å². The summed E-state index contributed by atoms with van der Waals surface area (Å²) in [5.74, 6) is 1.65. The second-order valence-electron chi connectivity index (χ2n) is 8.32. The van der Waals surface area contributed by atoms with E-state index in [2.05, 4.69) is 30.9 Å². The highest BCUT2D eigenvalue weighted by Gasteiger charge is 2.18. The van der Waals surface area contributed by atoms with Gasteiger partial charge in [0.05, 0.1) is 16.4 Å². The number of hydrogen-bond donors (Lipinski definition) is 0. The molecule has 2 aromatic heterocycles. The molecule has 2 heterocycles. The Balaban J connectivity index is 1.72. The molecule has 0 aliphatic heterocycles. The lowest BCUT2D eigenvalue weighted by Crippen LogP contribution is -2.24. The molecule has 0 spiro atoms. The van der Waals surface area contributed by atoms with Gasteiger partial charge in [0.25, 0.3) is 5.56 Å². The molecule has 174 valence electrons. The number of halogens is 2. The molecule has 6 nitrogen and oxygen atoms in total. The molecule has 34 heavy (non-hydrogen) atoms. The molecule has 0 amide bonds. The summed E-state index contributed by atoms with van der Waals surface area (Å²) in [5, 5.41) is 0.425. The van der Waals surface area contributed by atoms with Crippen molar-refractivity contribution >= 4 is 27.5 Å². The van der Waals surface area contributed by atoms with Crippen LogP contribution in [0.15, 0.2) is 64.0 Å².